The van der Waals surface area contributed by atoms with Crippen LogP contribution in [0.15, 0.2) is 41.5 Å². The van der Waals surface area contributed by atoms with E-state index in [1.165, 1.54) is 11.3 Å². The highest BCUT2D eigenvalue weighted by Crippen LogP contribution is 2.44. The lowest BCUT2D eigenvalue weighted by Crippen LogP contribution is -2.35. The summed E-state index contributed by atoms with van der Waals surface area (Å²) in [4.78, 5) is 17.9. The fourth-order valence-corrected chi connectivity index (χ4v) is 4.21. The Labute approximate surface area is 170 Å². The molecule has 0 fully saturated rings. The molecule has 0 saturated carbocycles. The fraction of sp³-hybridized carbons (Fsp3) is 0.364. The fourth-order valence-electron chi connectivity index (χ4n) is 4.21. The van der Waals surface area contributed by atoms with E-state index in [1.807, 2.05) is 13.1 Å². The average molecular weight is 390 g/mol. The maximum absolute atomic E-state index is 6.31. The van der Waals surface area contributed by atoms with Crippen molar-refractivity contribution in [2.24, 2.45) is 0 Å². The van der Waals surface area contributed by atoms with Crippen LogP contribution in [0.3, 0.4) is 0 Å². The van der Waals surface area contributed by atoms with Crippen molar-refractivity contribution in [1.82, 2.24) is 19.8 Å². The average Bonchev–Trinajstić information content (AvgIpc) is 3.32. The molecule has 150 valence electrons. The molecule has 0 saturated heterocycles. The van der Waals surface area contributed by atoms with Gasteiger partial charge in [0.15, 0.2) is 5.58 Å². The number of aromatic nitrogens is 2. The first-order valence-electron chi connectivity index (χ1n) is 9.93. The van der Waals surface area contributed by atoms with Crippen molar-refractivity contribution in [3.63, 3.8) is 0 Å². The van der Waals surface area contributed by atoms with Crippen molar-refractivity contribution in [2.75, 3.05) is 23.9 Å². The van der Waals surface area contributed by atoms with Crippen LogP contribution in [-0.4, -0.2) is 46.2 Å². The van der Waals surface area contributed by atoms with Crippen LogP contribution >= 0.6 is 0 Å². The number of aryl methyl sites for hydroxylation is 1. The zero-order valence-corrected chi connectivity index (χ0v) is 17.7. The molecule has 0 spiro atoms. The van der Waals surface area contributed by atoms with Crippen molar-refractivity contribution < 1.29 is 4.42 Å². The molecule has 2 aliphatic rings. The Hall–Kier alpha value is -3.22. The molecular formula is C22H26N6O. The number of anilines is 2. The van der Waals surface area contributed by atoms with Crippen LogP contribution in [0.5, 0.6) is 0 Å². The van der Waals surface area contributed by atoms with E-state index in [0.29, 0.717) is 11.5 Å². The Morgan fingerprint density at radius 2 is 1.55 bits per heavy atom. The van der Waals surface area contributed by atoms with Crippen LogP contribution < -0.4 is 9.80 Å². The van der Waals surface area contributed by atoms with Gasteiger partial charge >= 0.3 is 0 Å². The summed E-state index contributed by atoms with van der Waals surface area (Å²) >= 11 is 0. The van der Waals surface area contributed by atoms with Gasteiger partial charge in [-0.05, 0) is 33.8 Å². The second-order valence-corrected chi connectivity index (χ2v) is 7.99. The molecule has 0 unspecified atom stereocenters. The van der Waals surface area contributed by atoms with E-state index < -0.39 is 0 Å². The number of hydrogen-bond donors (Lipinski definition) is 0. The van der Waals surface area contributed by atoms with Crippen molar-refractivity contribution in [2.45, 2.75) is 40.0 Å². The standard InChI is InChI=1S/C22H26N6O/c1-13-19(27-9-7-25(5)15(27)3)11-17-18-12-23-14(2)24-22(18)29-21(17)20(13)28-10-8-26(6)16(28)4/h7-12,15-16H,1-6H3/t15-,16+/m1/s1. The van der Waals surface area contributed by atoms with Gasteiger partial charge in [-0.25, -0.2) is 4.98 Å². The molecule has 0 amide bonds. The first-order chi connectivity index (χ1) is 13.9. The van der Waals surface area contributed by atoms with Crippen LogP contribution in [0.1, 0.15) is 25.2 Å². The third kappa shape index (κ3) is 2.50. The highest BCUT2D eigenvalue weighted by atomic mass is 16.3. The van der Waals surface area contributed by atoms with Gasteiger partial charge in [0.2, 0.25) is 5.71 Å². The van der Waals surface area contributed by atoms with Crippen molar-refractivity contribution in [3.05, 3.63) is 48.5 Å². The van der Waals surface area contributed by atoms with E-state index in [1.54, 1.807) is 0 Å². The Morgan fingerprint density at radius 1 is 0.897 bits per heavy atom. The monoisotopic (exact) mass is 390 g/mol. The molecule has 2 aliphatic heterocycles. The number of hydrogen-bond acceptors (Lipinski definition) is 7. The Morgan fingerprint density at radius 3 is 2.17 bits per heavy atom. The number of benzene rings is 1. The molecule has 7 nitrogen and oxygen atoms in total. The Balaban J connectivity index is 1.83. The van der Waals surface area contributed by atoms with Crippen molar-refractivity contribution in [1.29, 1.82) is 0 Å². The molecule has 7 heteroatoms. The summed E-state index contributed by atoms with van der Waals surface area (Å²) in [5.74, 6) is 0.710. The summed E-state index contributed by atoms with van der Waals surface area (Å²) in [5, 5.41) is 1.99. The van der Waals surface area contributed by atoms with E-state index in [-0.39, 0.29) is 12.3 Å². The Bertz CT molecular complexity index is 1180. The lowest BCUT2D eigenvalue weighted by Gasteiger charge is -2.32. The van der Waals surface area contributed by atoms with Gasteiger partial charge < -0.3 is 24.0 Å². The SMILES string of the molecule is Cc1ncc2c(n1)oc1c(N3C=CN(C)[C@@H]3C)c(C)c(N3C=CN(C)[C@H]3C)cc12. The van der Waals surface area contributed by atoms with Gasteiger partial charge in [0.05, 0.1) is 11.1 Å². The second-order valence-electron chi connectivity index (χ2n) is 7.99. The summed E-state index contributed by atoms with van der Waals surface area (Å²) in [5.41, 5.74) is 4.92. The zero-order valence-electron chi connectivity index (χ0n) is 17.7. The van der Waals surface area contributed by atoms with E-state index in [0.717, 1.165) is 22.0 Å². The second kappa shape index (κ2) is 6.14. The minimum atomic E-state index is 0.197. The highest BCUT2D eigenvalue weighted by Gasteiger charge is 2.30. The number of rotatable bonds is 2. The zero-order chi connectivity index (χ0) is 20.4. The summed E-state index contributed by atoms with van der Waals surface area (Å²) in [6.45, 7) is 8.45. The molecule has 0 bridgehead atoms. The lowest BCUT2D eigenvalue weighted by atomic mass is 10.0. The molecule has 2 atom stereocenters. The summed E-state index contributed by atoms with van der Waals surface area (Å²) in [7, 11) is 4.19. The van der Waals surface area contributed by atoms with E-state index in [2.05, 4.69) is 95.3 Å². The van der Waals surface area contributed by atoms with Crippen LogP contribution in [0, 0.1) is 13.8 Å². The molecule has 0 aliphatic carbocycles. The number of fused-ring (bicyclic) bond motifs is 3. The van der Waals surface area contributed by atoms with Gasteiger partial charge in [0.1, 0.15) is 18.2 Å². The van der Waals surface area contributed by atoms with Crippen LogP contribution in [-0.2, 0) is 0 Å². The summed E-state index contributed by atoms with van der Waals surface area (Å²) < 4.78 is 6.31. The molecule has 0 N–H and O–H groups in total. The predicted molar refractivity (Wildman–Crippen MR) is 116 cm³/mol. The van der Waals surface area contributed by atoms with Gasteiger partial charge in [-0.15, -0.1) is 0 Å². The van der Waals surface area contributed by atoms with E-state index in [9.17, 15) is 0 Å². The van der Waals surface area contributed by atoms with E-state index >= 15 is 0 Å². The predicted octanol–water partition coefficient (Wildman–Crippen LogP) is 4.13. The van der Waals surface area contributed by atoms with Gasteiger partial charge in [-0.2, -0.15) is 4.98 Å². The topological polar surface area (TPSA) is 51.9 Å². The number of nitrogens with zero attached hydrogens (tertiary/aromatic N) is 6. The molecule has 1 aromatic carbocycles. The van der Waals surface area contributed by atoms with Crippen LogP contribution in [0.4, 0.5) is 11.4 Å². The molecule has 0 radical (unpaired) electrons. The molecular weight excluding hydrogens is 364 g/mol. The summed E-state index contributed by atoms with van der Waals surface area (Å²) in [6, 6.07) is 2.22. The molecule has 2 aromatic heterocycles. The smallest absolute Gasteiger partial charge is 0.230 e. The minimum Gasteiger partial charge on any atom is -0.435 e. The molecule has 29 heavy (non-hydrogen) atoms. The Kier molecular flexibility index (Phi) is 3.78. The van der Waals surface area contributed by atoms with Crippen LogP contribution in [0.25, 0.3) is 22.1 Å². The third-order valence-electron chi connectivity index (χ3n) is 6.29. The first-order valence-corrected chi connectivity index (χ1v) is 9.93. The summed E-state index contributed by atoms with van der Waals surface area (Å²) in [6.07, 6.45) is 10.8. The maximum atomic E-state index is 6.31. The van der Waals surface area contributed by atoms with Gasteiger partial charge in [0.25, 0.3) is 0 Å². The first kappa shape index (κ1) is 17.8. The van der Waals surface area contributed by atoms with Crippen molar-refractivity contribution in [3.8, 4) is 0 Å². The molecule has 4 heterocycles. The quantitative estimate of drug-likeness (QED) is 0.652. The normalized spacial score (nSPS) is 21.6. The molecule has 3 aromatic rings. The largest absolute Gasteiger partial charge is 0.435 e. The van der Waals surface area contributed by atoms with Crippen LogP contribution in [0.2, 0.25) is 0 Å². The maximum Gasteiger partial charge on any atom is 0.230 e. The van der Waals surface area contributed by atoms with Gasteiger partial charge in [-0.3, -0.25) is 0 Å². The molecule has 5 rings (SSSR count). The van der Waals surface area contributed by atoms with Gasteiger partial charge in [-0.1, -0.05) is 0 Å². The lowest BCUT2D eigenvalue weighted by molar-refractivity contribution is 0.381. The van der Waals surface area contributed by atoms with Crippen molar-refractivity contribution >= 4 is 33.4 Å². The third-order valence-corrected chi connectivity index (χ3v) is 6.29. The highest BCUT2D eigenvalue weighted by molar-refractivity contribution is 6.10. The number of furan rings is 1. The minimum absolute atomic E-state index is 0.197. The van der Waals surface area contributed by atoms with Gasteiger partial charge in [0, 0.05) is 61.7 Å². The van der Waals surface area contributed by atoms with E-state index in [4.69, 9.17) is 4.42 Å².